The predicted molar refractivity (Wildman–Crippen MR) is 112 cm³/mol. The Balaban J connectivity index is 1.82. The molecule has 0 N–H and O–H groups in total. The van der Waals surface area contributed by atoms with Gasteiger partial charge in [0.2, 0.25) is 6.10 Å². The van der Waals surface area contributed by atoms with E-state index < -0.39 is 59.4 Å². The van der Waals surface area contributed by atoms with E-state index in [4.69, 9.17) is 23.8 Å². The second kappa shape index (κ2) is 9.51. The van der Waals surface area contributed by atoms with Crippen molar-refractivity contribution in [2.75, 3.05) is 0 Å². The van der Waals surface area contributed by atoms with Gasteiger partial charge in [-0.2, -0.15) is 0 Å². The average Bonchev–Trinajstić information content (AvgIpc) is 3.24. The second-order valence-corrected chi connectivity index (χ2v) is 9.23. The Hall–Kier alpha value is -3.31. The molecule has 1 aromatic rings. The first kappa shape index (κ1) is 25.3. The Morgan fingerprint density at radius 2 is 1.50 bits per heavy atom. The first-order valence-electron chi connectivity index (χ1n) is 10.7. The standard InChI is InChI=1S/C23H27NO10/c1-22(2,3)33-20(28)18-17(31-23(4,5)32-18)19(27)30-16(13-9-7-6-8-10-13)21(29)34-24-14(25)11-12-15(24)26/h6-10,16-18H,11-12H2,1-5H3/t16?,17-,18-/m1/s1. The van der Waals surface area contributed by atoms with E-state index in [1.807, 2.05) is 0 Å². The number of imide groups is 1. The molecule has 0 aromatic heterocycles. The van der Waals surface area contributed by atoms with Crippen LogP contribution >= 0.6 is 0 Å². The first-order chi connectivity index (χ1) is 15.8. The van der Waals surface area contributed by atoms with Crippen LogP contribution in [0.15, 0.2) is 30.3 Å². The van der Waals surface area contributed by atoms with Crippen LogP contribution in [0.25, 0.3) is 0 Å². The van der Waals surface area contributed by atoms with Gasteiger partial charge in [-0.25, -0.2) is 14.4 Å². The normalized spacial score (nSPS) is 22.9. The molecule has 1 unspecified atom stereocenters. The maximum absolute atomic E-state index is 13.1. The fourth-order valence-corrected chi connectivity index (χ4v) is 3.33. The quantitative estimate of drug-likeness (QED) is 0.440. The molecule has 0 aliphatic carbocycles. The zero-order valence-corrected chi connectivity index (χ0v) is 19.6. The van der Waals surface area contributed by atoms with Gasteiger partial charge in [0.25, 0.3) is 11.8 Å². The Bertz CT molecular complexity index is 965. The van der Waals surface area contributed by atoms with Gasteiger partial charge >= 0.3 is 17.9 Å². The van der Waals surface area contributed by atoms with E-state index in [1.54, 1.807) is 39.0 Å². The van der Waals surface area contributed by atoms with E-state index in [-0.39, 0.29) is 18.4 Å². The van der Waals surface area contributed by atoms with Gasteiger partial charge in [0.05, 0.1) is 0 Å². The summed E-state index contributed by atoms with van der Waals surface area (Å²) in [6.45, 7) is 7.97. The van der Waals surface area contributed by atoms with Gasteiger partial charge in [0.1, 0.15) is 5.60 Å². The van der Waals surface area contributed by atoms with Crippen molar-refractivity contribution >= 4 is 29.7 Å². The third-order valence-corrected chi connectivity index (χ3v) is 4.71. The van der Waals surface area contributed by atoms with Crippen LogP contribution in [-0.4, -0.2) is 58.4 Å². The van der Waals surface area contributed by atoms with Crippen LogP contribution in [0.3, 0.4) is 0 Å². The van der Waals surface area contributed by atoms with Gasteiger partial charge in [-0.3, -0.25) is 9.59 Å². The number of hydrogen-bond donors (Lipinski definition) is 0. The van der Waals surface area contributed by atoms with Crippen molar-refractivity contribution in [1.82, 2.24) is 5.06 Å². The third kappa shape index (κ3) is 5.97. The summed E-state index contributed by atoms with van der Waals surface area (Å²) in [5, 5.41) is 0.355. The first-order valence-corrected chi connectivity index (χ1v) is 10.7. The molecule has 11 nitrogen and oxygen atoms in total. The summed E-state index contributed by atoms with van der Waals surface area (Å²) >= 11 is 0. The largest absolute Gasteiger partial charge is 0.458 e. The zero-order valence-electron chi connectivity index (χ0n) is 19.6. The average molecular weight is 477 g/mol. The summed E-state index contributed by atoms with van der Waals surface area (Å²) in [5.41, 5.74) is -0.640. The van der Waals surface area contributed by atoms with Gasteiger partial charge in [0, 0.05) is 18.4 Å². The summed E-state index contributed by atoms with van der Waals surface area (Å²) in [5.74, 6) is -5.79. The van der Waals surface area contributed by atoms with E-state index in [9.17, 15) is 24.0 Å². The summed E-state index contributed by atoms with van der Waals surface area (Å²) < 4.78 is 21.8. The smallest absolute Gasteiger partial charge is 0.378 e. The highest BCUT2D eigenvalue weighted by atomic mass is 16.8. The lowest BCUT2D eigenvalue weighted by Crippen LogP contribution is -2.43. The van der Waals surface area contributed by atoms with Crippen molar-refractivity contribution in [2.24, 2.45) is 0 Å². The minimum absolute atomic E-state index is 0.0954. The second-order valence-electron chi connectivity index (χ2n) is 9.23. The minimum atomic E-state index is -1.65. The molecule has 0 spiro atoms. The lowest BCUT2D eigenvalue weighted by Gasteiger charge is -2.24. The van der Waals surface area contributed by atoms with Gasteiger partial charge in [-0.1, -0.05) is 30.3 Å². The molecule has 1 aromatic carbocycles. The van der Waals surface area contributed by atoms with E-state index in [0.29, 0.717) is 5.06 Å². The molecule has 34 heavy (non-hydrogen) atoms. The lowest BCUT2D eigenvalue weighted by atomic mass is 10.1. The molecule has 2 heterocycles. The van der Waals surface area contributed by atoms with Crippen LogP contribution in [0, 0.1) is 0 Å². The SMILES string of the molecule is CC(C)(C)OC(=O)[C@@H]1OC(C)(C)O[C@H]1C(=O)OC(C(=O)ON1C(=O)CCC1=O)c1ccccc1. The molecule has 2 aliphatic rings. The maximum atomic E-state index is 13.1. The van der Waals surface area contributed by atoms with Gasteiger partial charge in [-0.05, 0) is 34.6 Å². The van der Waals surface area contributed by atoms with E-state index >= 15 is 0 Å². The highest BCUT2D eigenvalue weighted by Crippen LogP contribution is 2.32. The number of carbonyl (C=O) groups is 5. The summed E-state index contributed by atoms with van der Waals surface area (Å²) in [4.78, 5) is 67.2. The molecule has 3 atom stereocenters. The molecule has 0 bridgehead atoms. The fraction of sp³-hybridized carbons (Fsp3) is 0.522. The van der Waals surface area contributed by atoms with Crippen LogP contribution in [-0.2, 0) is 47.8 Å². The van der Waals surface area contributed by atoms with Crippen molar-refractivity contribution in [2.45, 2.75) is 77.2 Å². The molecule has 0 radical (unpaired) electrons. The lowest BCUT2D eigenvalue weighted by molar-refractivity contribution is -0.208. The van der Waals surface area contributed by atoms with Crippen LogP contribution in [0.5, 0.6) is 0 Å². The Morgan fingerprint density at radius 3 is 2.03 bits per heavy atom. The number of benzene rings is 1. The Labute approximate surface area is 196 Å². The molecule has 3 rings (SSSR count). The molecule has 2 amide bonds. The summed E-state index contributed by atoms with van der Waals surface area (Å²) in [6.07, 6.45) is -4.83. The van der Waals surface area contributed by atoms with Gasteiger partial charge < -0.3 is 23.8 Å². The number of nitrogens with zero attached hydrogens (tertiary/aromatic N) is 1. The van der Waals surface area contributed by atoms with Crippen molar-refractivity contribution in [1.29, 1.82) is 0 Å². The van der Waals surface area contributed by atoms with E-state index in [1.165, 1.54) is 26.0 Å². The van der Waals surface area contributed by atoms with Crippen LogP contribution < -0.4 is 0 Å². The van der Waals surface area contributed by atoms with Gasteiger partial charge in [0.15, 0.2) is 18.0 Å². The predicted octanol–water partition coefficient (Wildman–Crippen LogP) is 1.74. The number of ether oxygens (including phenoxy) is 4. The number of hydroxylamine groups is 2. The minimum Gasteiger partial charge on any atom is -0.458 e. The number of carbonyl (C=O) groups excluding carboxylic acids is 5. The summed E-state index contributed by atoms with van der Waals surface area (Å²) in [6, 6.07) is 7.85. The van der Waals surface area contributed by atoms with Crippen molar-refractivity contribution in [3.05, 3.63) is 35.9 Å². The monoisotopic (exact) mass is 477 g/mol. The Kier molecular flexibility index (Phi) is 7.08. The van der Waals surface area contributed by atoms with Gasteiger partial charge in [-0.15, -0.1) is 5.06 Å². The van der Waals surface area contributed by atoms with Crippen molar-refractivity contribution in [3.8, 4) is 0 Å². The van der Waals surface area contributed by atoms with Crippen molar-refractivity contribution < 1.29 is 47.8 Å². The molecule has 2 aliphatic heterocycles. The Morgan fingerprint density at radius 1 is 0.971 bits per heavy atom. The molecular formula is C23H27NO10. The number of esters is 2. The van der Waals surface area contributed by atoms with Crippen LogP contribution in [0.2, 0.25) is 0 Å². The molecular weight excluding hydrogens is 450 g/mol. The molecule has 2 fully saturated rings. The third-order valence-electron chi connectivity index (χ3n) is 4.71. The van der Waals surface area contributed by atoms with Crippen LogP contribution in [0.4, 0.5) is 0 Å². The maximum Gasteiger partial charge on any atom is 0.378 e. The highest BCUT2D eigenvalue weighted by molar-refractivity contribution is 6.02. The highest BCUT2D eigenvalue weighted by Gasteiger charge is 2.52. The van der Waals surface area contributed by atoms with E-state index in [0.717, 1.165) is 0 Å². The van der Waals surface area contributed by atoms with Crippen molar-refractivity contribution in [3.63, 3.8) is 0 Å². The molecule has 11 heteroatoms. The fourth-order valence-electron chi connectivity index (χ4n) is 3.33. The molecule has 0 saturated carbocycles. The number of amides is 2. The topological polar surface area (TPSA) is 135 Å². The van der Waals surface area contributed by atoms with Crippen LogP contribution in [0.1, 0.15) is 59.1 Å². The van der Waals surface area contributed by atoms with E-state index in [2.05, 4.69) is 0 Å². The number of rotatable bonds is 6. The number of hydrogen-bond acceptors (Lipinski definition) is 10. The zero-order chi connectivity index (χ0) is 25.3. The summed E-state index contributed by atoms with van der Waals surface area (Å²) in [7, 11) is 0. The molecule has 2 saturated heterocycles. The molecule has 184 valence electrons.